The summed E-state index contributed by atoms with van der Waals surface area (Å²) in [6.45, 7) is 4.77. The van der Waals surface area contributed by atoms with Crippen molar-refractivity contribution in [3.8, 4) is 0 Å². The van der Waals surface area contributed by atoms with E-state index in [1.54, 1.807) is 6.07 Å². The topological polar surface area (TPSA) is 87.5 Å². The van der Waals surface area contributed by atoms with Crippen LogP contribution in [0.3, 0.4) is 0 Å². The number of hydrogen-bond acceptors (Lipinski definition) is 7. The van der Waals surface area contributed by atoms with E-state index in [0.29, 0.717) is 32.1 Å². The first-order valence-electron chi connectivity index (χ1n) is 10.9. The first kappa shape index (κ1) is 19.0. The van der Waals surface area contributed by atoms with Crippen molar-refractivity contribution < 1.29 is 4.79 Å². The molecule has 1 amide bonds. The van der Waals surface area contributed by atoms with Gasteiger partial charge in [-0.2, -0.15) is 0 Å². The Kier molecular flexibility index (Phi) is 5.10. The maximum absolute atomic E-state index is 12.7. The molecule has 0 unspecified atom stereocenters. The summed E-state index contributed by atoms with van der Waals surface area (Å²) >= 11 is 0. The summed E-state index contributed by atoms with van der Waals surface area (Å²) in [5.41, 5.74) is 0.710. The van der Waals surface area contributed by atoms with E-state index in [-0.39, 0.29) is 18.0 Å². The van der Waals surface area contributed by atoms with Gasteiger partial charge >= 0.3 is 0 Å². The van der Waals surface area contributed by atoms with Crippen molar-refractivity contribution >= 4 is 17.5 Å². The van der Waals surface area contributed by atoms with Crippen LogP contribution in [0, 0.1) is 0 Å². The molecule has 3 aliphatic rings. The van der Waals surface area contributed by atoms with E-state index in [9.17, 15) is 9.59 Å². The molecule has 3 fully saturated rings. The lowest BCUT2D eigenvalue weighted by Crippen LogP contribution is -2.50. The van der Waals surface area contributed by atoms with Crippen LogP contribution in [0.4, 0.5) is 11.6 Å². The molecule has 9 heteroatoms. The second kappa shape index (κ2) is 8.04. The number of amides is 1. The van der Waals surface area contributed by atoms with Crippen LogP contribution in [0.5, 0.6) is 0 Å². The van der Waals surface area contributed by atoms with Crippen molar-refractivity contribution in [2.24, 2.45) is 0 Å². The van der Waals surface area contributed by atoms with E-state index >= 15 is 0 Å². The van der Waals surface area contributed by atoms with E-state index in [0.717, 1.165) is 43.3 Å². The monoisotopic (exact) mass is 409 g/mol. The van der Waals surface area contributed by atoms with Crippen LogP contribution in [0.25, 0.3) is 0 Å². The summed E-state index contributed by atoms with van der Waals surface area (Å²) in [5, 5.41) is 8.79. The molecule has 0 aromatic carbocycles. The SMILES string of the molecule is O=C(Cn1cnc(C2CC2)cc1=O)N1CCN(c2ccc(N3CCCC3)nn2)CC1. The third-order valence-corrected chi connectivity index (χ3v) is 6.22. The third-order valence-electron chi connectivity index (χ3n) is 6.22. The maximum Gasteiger partial charge on any atom is 0.254 e. The van der Waals surface area contributed by atoms with Crippen molar-refractivity contribution in [1.82, 2.24) is 24.6 Å². The Hall–Kier alpha value is -2.97. The molecule has 0 spiro atoms. The van der Waals surface area contributed by atoms with Crippen LogP contribution in [0.15, 0.2) is 29.3 Å². The van der Waals surface area contributed by atoms with Gasteiger partial charge in [0.2, 0.25) is 5.91 Å². The van der Waals surface area contributed by atoms with E-state index in [1.165, 1.54) is 23.7 Å². The van der Waals surface area contributed by atoms with Crippen LogP contribution in [-0.4, -0.2) is 69.8 Å². The molecule has 2 aromatic rings. The molecule has 2 aliphatic heterocycles. The Labute approximate surface area is 175 Å². The largest absolute Gasteiger partial charge is 0.355 e. The molecule has 1 aliphatic carbocycles. The highest BCUT2D eigenvalue weighted by Crippen LogP contribution is 2.38. The summed E-state index contributed by atoms with van der Waals surface area (Å²) < 4.78 is 1.41. The average Bonchev–Trinajstić information content (AvgIpc) is 3.49. The quantitative estimate of drug-likeness (QED) is 0.724. The van der Waals surface area contributed by atoms with Gasteiger partial charge in [0.15, 0.2) is 11.6 Å². The van der Waals surface area contributed by atoms with E-state index < -0.39 is 0 Å². The van der Waals surface area contributed by atoms with E-state index in [2.05, 4.69) is 25.0 Å². The Morgan fingerprint density at radius 1 is 0.933 bits per heavy atom. The number of rotatable bonds is 5. The molecule has 0 bridgehead atoms. The lowest BCUT2D eigenvalue weighted by atomic mass is 10.3. The minimum absolute atomic E-state index is 0.0428. The van der Waals surface area contributed by atoms with Crippen molar-refractivity contribution in [2.45, 2.75) is 38.1 Å². The van der Waals surface area contributed by atoms with Gasteiger partial charge in [-0.15, -0.1) is 10.2 Å². The van der Waals surface area contributed by atoms with Crippen molar-refractivity contribution in [3.63, 3.8) is 0 Å². The zero-order valence-corrected chi connectivity index (χ0v) is 17.1. The number of anilines is 2. The van der Waals surface area contributed by atoms with Crippen molar-refractivity contribution in [2.75, 3.05) is 49.1 Å². The van der Waals surface area contributed by atoms with Gasteiger partial charge in [0.1, 0.15) is 6.54 Å². The summed E-state index contributed by atoms with van der Waals surface area (Å²) in [7, 11) is 0. The van der Waals surface area contributed by atoms with E-state index in [1.807, 2.05) is 17.0 Å². The Morgan fingerprint density at radius 3 is 2.13 bits per heavy atom. The zero-order chi connectivity index (χ0) is 20.5. The van der Waals surface area contributed by atoms with Crippen molar-refractivity contribution in [1.29, 1.82) is 0 Å². The van der Waals surface area contributed by atoms with Crippen LogP contribution in [-0.2, 0) is 11.3 Å². The molecule has 0 radical (unpaired) electrons. The fourth-order valence-corrected chi connectivity index (χ4v) is 4.19. The van der Waals surface area contributed by atoms with Gasteiger partial charge in [0.25, 0.3) is 5.56 Å². The Bertz CT molecular complexity index is 956. The number of hydrogen-bond donors (Lipinski definition) is 0. The fraction of sp³-hybridized carbons (Fsp3) is 0.571. The molecule has 2 saturated heterocycles. The zero-order valence-electron chi connectivity index (χ0n) is 17.1. The summed E-state index contributed by atoms with van der Waals surface area (Å²) in [4.78, 5) is 35.5. The van der Waals surface area contributed by atoms with Crippen LogP contribution in [0.1, 0.15) is 37.3 Å². The standard InChI is InChI=1S/C21H27N7O2/c29-20-13-17(16-3-4-16)22-15-28(20)14-21(30)27-11-9-26(10-12-27)19-6-5-18(23-24-19)25-7-1-2-8-25/h5-6,13,15-16H,1-4,7-12,14H2. The van der Waals surface area contributed by atoms with Gasteiger partial charge in [0.05, 0.1) is 12.0 Å². The predicted octanol–water partition coefficient (Wildman–Crippen LogP) is 0.860. The third kappa shape index (κ3) is 4.01. The van der Waals surface area contributed by atoms with Crippen molar-refractivity contribution in [3.05, 3.63) is 40.6 Å². The highest BCUT2D eigenvalue weighted by atomic mass is 16.2. The average molecular weight is 409 g/mol. The highest BCUT2D eigenvalue weighted by Gasteiger charge is 2.26. The smallest absolute Gasteiger partial charge is 0.254 e. The molecule has 0 N–H and O–H groups in total. The number of carbonyl (C=O) groups is 1. The molecule has 2 aromatic heterocycles. The number of carbonyl (C=O) groups excluding carboxylic acids is 1. The lowest BCUT2D eigenvalue weighted by molar-refractivity contribution is -0.132. The normalized spacial score (nSPS) is 19.4. The molecule has 5 rings (SSSR count). The molecule has 0 atom stereocenters. The minimum Gasteiger partial charge on any atom is -0.355 e. The second-order valence-corrected chi connectivity index (χ2v) is 8.37. The van der Waals surface area contributed by atoms with Crippen LogP contribution >= 0.6 is 0 Å². The van der Waals surface area contributed by atoms with Gasteiger partial charge in [0, 0.05) is 51.3 Å². The number of nitrogens with zero attached hydrogens (tertiary/aromatic N) is 7. The molecule has 30 heavy (non-hydrogen) atoms. The Morgan fingerprint density at radius 2 is 1.57 bits per heavy atom. The maximum atomic E-state index is 12.7. The van der Waals surface area contributed by atoms with Gasteiger partial charge in [-0.05, 0) is 37.8 Å². The molecule has 9 nitrogen and oxygen atoms in total. The summed E-state index contributed by atoms with van der Waals surface area (Å²) in [6.07, 6.45) is 6.15. The van der Waals surface area contributed by atoms with E-state index in [4.69, 9.17) is 0 Å². The van der Waals surface area contributed by atoms with Gasteiger partial charge in [-0.3, -0.25) is 14.2 Å². The summed E-state index contributed by atoms with van der Waals surface area (Å²) in [5.74, 6) is 2.18. The molecule has 4 heterocycles. The second-order valence-electron chi connectivity index (χ2n) is 8.37. The molecule has 1 saturated carbocycles. The first-order chi connectivity index (χ1) is 14.7. The summed E-state index contributed by atoms with van der Waals surface area (Å²) in [6, 6.07) is 5.63. The van der Waals surface area contributed by atoms with Gasteiger partial charge in [-0.25, -0.2) is 4.98 Å². The van der Waals surface area contributed by atoms with Gasteiger partial charge < -0.3 is 14.7 Å². The Balaban J connectivity index is 1.15. The first-order valence-corrected chi connectivity index (χ1v) is 10.9. The molecular weight excluding hydrogens is 382 g/mol. The lowest BCUT2D eigenvalue weighted by Gasteiger charge is -2.35. The highest BCUT2D eigenvalue weighted by molar-refractivity contribution is 5.76. The molecular formula is C21H27N7O2. The fourth-order valence-electron chi connectivity index (χ4n) is 4.19. The number of piperazine rings is 1. The van der Waals surface area contributed by atoms with Crippen LogP contribution < -0.4 is 15.4 Å². The minimum atomic E-state index is -0.146. The number of aromatic nitrogens is 4. The van der Waals surface area contributed by atoms with Gasteiger partial charge in [-0.1, -0.05) is 0 Å². The van der Waals surface area contributed by atoms with Crippen LogP contribution in [0.2, 0.25) is 0 Å². The predicted molar refractivity (Wildman–Crippen MR) is 113 cm³/mol. The molecule has 158 valence electrons.